The maximum absolute atomic E-state index is 11.9. The van der Waals surface area contributed by atoms with Crippen LogP contribution in [0.3, 0.4) is 0 Å². The summed E-state index contributed by atoms with van der Waals surface area (Å²) < 4.78 is 5.45. The third kappa shape index (κ3) is 4.65. The predicted octanol–water partition coefficient (Wildman–Crippen LogP) is 2.12. The fourth-order valence-corrected chi connectivity index (χ4v) is 2.31. The first kappa shape index (κ1) is 14.0. The summed E-state index contributed by atoms with van der Waals surface area (Å²) in [6.45, 7) is 0.962. The molecule has 0 aromatic heterocycles. The Balaban J connectivity index is 1.85. The minimum Gasteiger partial charge on any atom is -0.396 e. The van der Waals surface area contributed by atoms with Gasteiger partial charge in [0.2, 0.25) is 5.91 Å². The first-order valence-corrected chi connectivity index (χ1v) is 6.89. The molecule has 1 aliphatic heterocycles. The quantitative estimate of drug-likeness (QED) is 0.826. The molecule has 1 heterocycles. The zero-order valence-corrected chi connectivity index (χ0v) is 11.1. The van der Waals surface area contributed by atoms with E-state index in [1.165, 1.54) is 0 Å². The van der Waals surface area contributed by atoms with E-state index >= 15 is 0 Å². The minimum atomic E-state index is 0.00575. The highest BCUT2D eigenvalue weighted by atomic mass is 16.5. The predicted molar refractivity (Wildman–Crippen MR) is 74.1 cm³/mol. The highest BCUT2D eigenvalue weighted by Gasteiger charge is 2.18. The molecule has 1 aliphatic rings. The summed E-state index contributed by atoms with van der Waals surface area (Å²) in [4.78, 5) is 11.9. The molecular weight excluding hydrogens is 242 g/mol. The van der Waals surface area contributed by atoms with Gasteiger partial charge in [0, 0.05) is 18.9 Å². The number of hydrogen-bond donors (Lipinski definition) is 2. The van der Waals surface area contributed by atoms with Gasteiger partial charge in [-0.1, -0.05) is 12.1 Å². The molecular formula is C15H21NO3. The molecule has 2 N–H and O–H groups in total. The number of carbonyl (C=O) groups is 1. The largest absolute Gasteiger partial charge is 0.396 e. The van der Waals surface area contributed by atoms with Crippen LogP contribution in [0.25, 0.3) is 0 Å². The number of hydrogen-bond acceptors (Lipinski definition) is 3. The lowest BCUT2D eigenvalue weighted by Crippen LogP contribution is -2.19. The molecule has 104 valence electrons. The first-order valence-electron chi connectivity index (χ1n) is 6.89. The lowest BCUT2D eigenvalue weighted by Gasteiger charge is -2.10. The summed E-state index contributed by atoms with van der Waals surface area (Å²) >= 11 is 0. The summed E-state index contributed by atoms with van der Waals surface area (Å²) in [5.74, 6) is 0.00575. The molecule has 1 atom stereocenters. The van der Waals surface area contributed by atoms with E-state index < -0.39 is 0 Å². The second-order valence-electron chi connectivity index (χ2n) is 4.91. The molecule has 1 aromatic carbocycles. The lowest BCUT2D eigenvalue weighted by molar-refractivity contribution is -0.118. The van der Waals surface area contributed by atoms with E-state index in [9.17, 15) is 4.79 Å². The minimum absolute atomic E-state index is 0.00575. The lowest BCUT2D eigenvalue weighted by atomic mass is 10.1. The smallest absolute Gasteiger partial charge is 0.226 e. The Bertz CT molecular complexity index is 414. The molecule has 0 aliphatic carbocycles. The molecule has 1 amide bonds. The molecule has 2 rings (SSSR count). The molecule has 0 saturated carbocycles. The van der Waals surface area contributed by atoms with Crippen LogP contribution in [-0.4, -0.2) is 30.3 Å². The SMILES string of the molecule is O=C(CC1CCCO1)Nc1cccc(CCCO)c1. The maximum atomic E-state index is 11.9. The van der Waals surface area contributed by atoms with Crippen LogP contribution in [0.4, 0.5) is 5.69 Å². The van der Waals surface area contributed by atoms with E-state index in [0.29, 0.717) is 6.42 Å². The molecule has 4 nitrogen and oxygen atoms in total. The molecule has 1 saturated heterocycles. The average molecular weight is 263 g/mol. The van der Waals surface area contributed by atoms with Gasteiger partial charge in [0.1, 0.15) is 0 Å². The van der Waals surface area contributed by atoms with Crippen molar-refractivity contribution in [2.45, 2.75) is 38.2 Å². The van der Waals surface area contributed by atoms with Gasteiger partial charge in [-0.25, -0.2) is 0 Å². The Morgan fingerprint density at radius 3 is 3.11 bits per heavy atom. The van der Waals surface area contributed by atoms with Crippen molar-refractivity contribution in [1.82, 2.24) is 0 Å². The highest BCUT2D eigenvalue weighted by molar-refractivity contribution is 5.91. The fraction of sp³-hybridized carbons (Fsp3) is 0.533. The van der Waals surface area contributed by atoms with Crippen LogP contribution in [0.2, 0.25) is 0 Å². The topological polar surface area (TPSA) is 58.6 Å². The summed E-state index contributed by atoms with van der Waals surface area (Å²) in [6.07, 6.45) is 4.11. The molecule has 4 heteroatoms. The van der Waals surface area contributed by atoms with Crippen molar-refractivity contribution in [3.05, 3.63) is 29.8 Å². The van der Waals surface area contributed by atoms with Gasteiger partial charge >= 0.3 is 0 Å². The van der Waals surface area contributed by atoms with Crippen molar-refractivity contribution >= 4 is 11.6 Å². The van der Waals surface area contributed by atoms with Crippen LogP contribution in [0.15, 0.2) is 24.3 Å². The third-order valence-corrected chi connectivity index (χ3v) is 3.27. The van der Waals surface area contributed by atoms with Gasteiger partial charge in [0.05, 0.1) is 12.5 Å². The Kier molecular flexibility index (Phi) is 5.36. The number of anilines is 1. The van der Waals surface area contributed by atoms with E-state index in [2.05, 4.69) is 5.32 Å². The first-order chi connectivity index (χ1) is 9.28. The number of aryl methyl sites for hydroxylation is 1. The molecule has 1 aromatic rings. The van der Waals surface area contributed by atoms with Gasteiger partial charge in [0.25, 0.3) is 0 Å². The van der Waals surface area contributed by atoms with Crippen LogP contribution in [0.1, 0.15) is 31.2 Å². The number of benzene rings is 1. The van der Waals surface area contributed by atoms with Crippen LogP contribution in [0.5, 0.6) is 0 Å². The van der Waals surface area contributed by atoms with Crippen molar-refractivity contribution < 1.29 is 14.6 Å². The third-order valence-electron chi connectivity index (χ3n) is 3.27. The molecule has 19 heavy (non-hydrogen) atoms. The summed E-state index contributed by atoms with van der Waals surface area (Å²) in [7, 11) is 0. The zero-order valence-electron chi connectivity index (χ0n) is 11.1. The van der Waals surface area contributed by atoms with Crippen molar-refractivity contribution in [2.24, 2.45) is 0 Å². The fourth-order valence-electron chi connectivity index (χ4n) is 2.31. The summed E-state index contributed by atoms with van der Waals surface area (Å²) in [5, 5.41) is 11.7. The van der Waals surface area contributed by atoms with Gasteiger partial charge in [-0.2, -0.15) is 0 Å². The normalized spacial score (nSPS) is 18.5. The van der Waals surface area contributed by atoms with Crippen molar-refractivity contribution in [3.8, 4) is 0 Å². The number of carbonyl (C=O) groups excluding carboxylic acids is 1. The van der Waals surface area contributed by atoms with Crippen molar-refractivity contribution in [3.63, 3.8) is 0 Å². The van der Waals surface area contributed by atoms with Gasteiger partial charge in [-0.3, -0.25) is 4.79 Å². The standard InChI is InChI=1S/C15H21NO3/c17-8-2-5-12-4-1-6-13(10-12)16-15(18)11-14-7-3-9-19-14/h1,4,6,10,14,17H,2-3,5,7-9,11H2,(H,16,18). The second kappa shape index (κ2) is 7.26. The van der Waals surface area contributed by atoms with E-state index in [1.807, 2.05) is 24.3 Å². The Morgan fingerprint density at radius 2 is 2.37 bits per heavy atom. The van der Waals surface area contributed by atoms with Gasteiger partial charge < -0.3 is 15.2 Å². The van der Waals surface area contributed by atoms with E-state index in [0.717, 1.165) is 43.5 Å². The van der Waals surface area contributed by atoms with Crippen molar-refractivity contribution in [1.29, 1.82) is 0 Å². The van der Waals surface area contributed by atoms with E-state index in [-0.39, 0.29) is 18.6 Å². The Labute approximate surface area is 113 Å². The zero-order chi connectivity index (χ0) is 13.5. The Hall–Kier alpha value is -1.39. The van der Waals surface area contributed by atoms with E-state index in [1.54, 1.807) is 0 Å². The molecule has 1 fully saturated rings. The van der Waals surface area contributed by atoms with Gasteiger partial charge in [-0.15, -0.1) is 0 Å². The molecule has 0 radical (unpaired) electrons. The second-order valence-corrected chi connectivity index (χ2v) is 4.91. The Morgan fingerprint density at radius 1 is 1.47 bits per heavy atom. The number of aliphatic hydroxyl groups excluding tert-OH is 1. The average Bonchev–Trinajstić information content (AvgIpc) is 2.89. The molecule has 1 unspecified atom stereocenters. The molecule has 0 bridgehead atoms. The number of aliphatic hydroxyl groups is 1. The van der Waals surface area contributed by atoms with Gasteiger partial charge in [0.15, 0.2) is 0 Å². The number of amides is 1. The highest BCUT2D eigenvalue weighted by Crippen LogP contribution is 2.17. The summed E-state index contributed by atoms with van der Waals surface area (Å²) in [5.41, 5.74) is 1.95. The number of nitrogens with one attached hydrogen (secondary N) is 1. The van der Waals surface area contributed by atoms with Crippen LogP contribution >= 0.6 is 0 Å². The van der Waals surface area contributed by atoms with Gasteiger partial charge in [-0.05, 0) is 43.4 Å². The monoisotopic (exact) mass is 263 g/mol. The van der Waals surface area contributed by atoms with Crippen molar-refractivity contribution in [2.75, 3.05) is 18.5 Å². The van der Waals surface area contributed by atoms with Crippen LogP contribution in [-0.2, 0) is 16.0 Å². The van der Waals surface area contributed by atoms with Crippen LogP contribution < -0.4 is 5.32 Å². The molecule has 0 spiro atoms. The number of ether oxygens (including phenoxy) is 1. The maximum Gasteiger partial charge on any atom is 0.226 e. The summed E-state index contributed by atoms with van der Waals surface area (Å²) in [6, 6.07) is 7.78. The van der Waals surface area contributed by atoms with E-state index in [4.69, 9.17) is 9.84 Å². The number of rotatable bonds is 6. The van der Waals surface area contributed by atoms with Crippen LogP contribution in [0, 0.1) is 0 Å².